The molecule has 2 rings (SSSR count). The second-order valence-electron chi connectivity index (χ2n) is 4.49. The summed E-state index contributed by atoms with van der Waals surface area (Å²) in [5.41, 5.74) is 2.47. The molecule has 0 atom stereocenters. The van der Waals surface area contributed by atoms with Crippen molar-refractivity contribution in [3.8, 4) is 0 Å². The zero-order valence-electron chi connectivity index (χ0n) is 11.7. The summed E-state index contributed by atoms with van der Waals surface area (Å²) in [7, 11) is 0. The summed E-state index contributed by atoms with van der Waals surface area (Å²) >= 11 is 0. The van der Waals surface area contributed by atoms with E-state index < -0.39 is 0 Å². The number of aryl methyl sites for hydroxylation is 1. The Bertz CT molecular complexity index is 561. The molecule has 20 heavy (non-hydrogen) atoms. The topological polar surface area (TPSA) is 64.4 Å². The summed E-state index contributed by atoms with van der Waals surface area (Å²) < 4.78 is 10.2. The van der Waals surface area contributed by atoms with Gasteiger partial charge in [0, 0.05) is 18.4 Å². The first kappa shape index (κ1) is 14.3. The molecule has 0 fully saturated rings. The zero-order chi connectivity index (χ0) is 14.4. The molecule has 0 aliphatic heterocycles. The molecule has 5 heteroatoms. The van der Waals surface area contributed by atoms with Crippen LogP contribution in [-0.4, -0.2) is 17.7 Å². The van der Waals surface area contributed by atoms with E-state index in [4.69, 9.17) is 9.26 Å². The molecule has 0 aliphatic carbocycles. The first-order valence-corrected chi connectivity index (χ1v) is 6.56. The van der Waals surface area contributed by atoms with Crippen molar-refractivity contribution in [3.63, 3.8) is 0 Å². The number of hydrogen-bond donors (Lipinski definition) is 1. The zero-order valence-corrected chi connectivity index (χ0v) is 11.7. The number of anilines is 1. The van der Waals surface area contributed by atoms with E-state index in [1.165, 1.54) is 0 Å². The smallest absolute Gasteiger partial charge is 0.230 e. The Kier molecular flexibility index (Phi) is 4.90. The number of carbonyl (C=O) groups excluding carboxylic acids is 1. The van der Waals surface area contributed by atoms with Crippen LogP contribution in [-0.2, 0) is 22.6 Å². The van der Waals surface area contributed by atoms with Crippen LogP contribution in [0.2, 0.25) is 0 Å². The van der Waals surface area contributed by atoms with E-state index in [1.807, 2.05) is 31.2 Å². The van der Waals surface area contributed by atoms with Gasteiger partial charge in [0.25, 0.3) is 0 Å². The summed E-state index contributed by atoms with van der Waals surface area (Å²) in [6.45, 7) is 5.03. The number of nitrogens with one attached hydrogen (secondary N) is 1. The first-order valence-electron chi connectivity index (χ1n) is 6.56. The Morgan fingerprint density at radius 2 is 2.10 bits per heavy atom. The lowest BCUT2D eigenvalue weighted by atomic mass is 10.2. The van der Waals surface area contributed by atoms with E-state index in [9.17, 15) is 4.79 Å². The van der Waals surface area contributed by atoms with Crippen LogP contribution >= 0.6 is 0 Å². The predicted octanol–water partition coefficient (Wildman–Crippen LogP) is 2.70. The van der Waals surface area contributed by atoms with E-state index in [1.54, 1.807) is 13.0 Å². The number of hydrogen-bond acceptors (Lipinski definition) is 4. The molecule has 0 saturated heterocycles. The fraction of sp³-hybridized carbons (Fsp3) is 0.333. The molecule has 0 spiro atoms. The number of amides is 1. The predicted molar refractivity (Wildman–Crippen MR) is 75.3 cm³/mol. The van der Waals surface area contributed by atoms with Gasteiger partial charge in [0.15, 0.2) is 0 Å². The van der Waals surface area contributed by atoms with Gasteiger partial charge in [-0.1, -0.05) is 17.3 Å². The molecule has 1 aromatic carbocycles. The molecule has 0 radical (unpaired) electrons. The van der Waals surface area contributed by atoms with Gasteiger partial charge in [-0.3, -0.25) is 4.79 Å². The third-order valence-corrected chi connectivity index (χ3v) is 2.73. The largest absolute Gasteiger partial charge is 0.377 e. The van der Waals surface area contributed by atoms with Crippen LogP contribution in [0.15, 0.2) is 34.9 Å². The Balaban J connectivity index is 1.87. The minimum atomic E-state index is -0.115. The van der Waals surface area contributed by atoms with Crippen molar-refractivity contribution in [1.29, 1.82) is 0 Å². The fourth-order valence-corrected chi connectivity index (χ4v) is 1.78. The third kappa shape index (κ3) is 4.20. The van der Waals surface area contributed by atoms with E-state index in [-0.39, 0.29) is 12.3 Å². The van der Waals surface area contributed by atoms with Crippen LogP contribution in [0.1, 0.15) is 23.9 Å². The molecular weight excluding hydrogens is 256 g/mol. The van der Waals surface area contributed by atoms with Crippen molar-refractivity contribution in [2.75, 3.05) is 11.9 Å². The number of ether oxygens (including phenoxy) is 1. The van der Waals surface area contributed by atoms with Crippen molar-refractivity contribution in [2.24, 2.45) is 0 Å². The van der Waals surface area contributed by atoms with Crippen LogP contribution in [0.3, 0.4) is 0 Å². The van der Waals surface area contributed by atoms with E-state index in [0.717, 1.165) is 11.3 Å². The third-order valence-electron chi connectivity index (χ3n) is 2.73. The number of benzene rings is 1. The standard InChI is InChI=1S/C15H18N2O3/c1-3-19-10-12-4-6-13(7-5-12)16-15(18)9-14-8-11(2)20-17-14/h4-8H,3,9-10H2,1-2H3,(H,16,18). The van der Waals surface area contributed by atoms with Gasteiger partial charge in [-0.15, -0.1) is 0 Å². The van der Waals surface area contributed by atoms with Gasteiger partial charge in [0.1, 0.15) is 5.76 Å². The number of aromatic nitrogens is 1. The molecule has 0 unspecified atom stereocenters. The average molecular weight is 274 g/mol. The van der Waals surface area contributed by atoms with Gasteiger partial charge >= 0.3 is 0 Å². The first-order chi connectivity index (χ1) is 9.67. The summed E-state index contributed by atoms with van der Waals surface area (Å²) in [5.74, 6) is 0.587. The van der Waals surface area contributed by atoms with E-state index in [0.29, 0.717) is 24.7 Å². The highest BCUT2D eigenvalue weighted by Gasteiger charge is 2.07. The molecule has 5 nitrogen and oxygen atoms in total. The Labute approximate surface area is 117 Å². The maximum atomic E-state index is 11.8. The molecular formula is C15H18N2O3. The maximum Gasteiger partial charge on any atom is 0.230 e. The Hall–Kier alpha value is -2.14. The Morgan fingerprint density at radius 1 is 1.35 bits per heavy atom. The van der Waals surface area contributed by atoms with Crippen molar-refractivity contribution in [2.45, 2.75) is 26.9 Å². The second kappa shape index (κ2) is 6.86. The minimum absolute atomic E-state index is 0.115. The average Bonchev–Trinajstić information content (AvgIpc) is 2.83. The molecule has 0 saturated carbocycles. The van der Waals surface area contributed by atoms with Crippen molar-refractivity contribution >= 4 is 11.6 Å². The highest BCUT2D eigenvalue weighted by molar-refractivity contribution is 5.91. The lowest BCUT2D eigenvalue weighted by Crippen LogP contribution is -2.14. The quantitative estimate of drug-likeness (QED) is 0.879. The number of rotatable bonds is 6. The SMILES string of the molecule is CCOCc1ccc(NC(=O)Cc2cc(C)on2)cc1. The molecule has 0 aliphatic rings. The van der Waals surface area contributed by atoms with Crippen LogP contribution in [0.5, 0.6) is 0 Å². The number of nitrogens with zero attached hydrogens (tertiary/aromatic N) is 1. The van der Waals surface area contributed by atoms with Gasteiger partial charge in [0.2, 0.25) is 5.91 Å². The van der Waals surface area contributed by atoms with Crippen molar-refractivity contribution in [3.05, 3.63) is 47.3 Å². The molecule has 106 valence electrons. The van der Waals surface area contributed by atoms with Gasteiger partial charge in [0.05, 0.1) is 18.7 Å². The fourth-order valence-electron chi connectivity index (χ4n) is 1.78. The molecule has 2 aromatic rings. The van der Waals surface area contributed by atoms with Gasteiger partial charge in [-0.25, -0.2) is 0 Å². The second-order valence-corrected chi connectivity index (χ2v) is 4.49. The lowest BCUT2D eigenvalue weighted by molar-refractivity contribution is -0.115. The Morgan fingerprint density at radius 3 is 2.70 bits per heavy atom. The van der Waals surface area contributed by atoms with Crippen LogP contribution < -0.4 is 5.32 Å². The lowest BCUT2D eigenvalue weighted by Gasteiger charge is -2.06. The highest BCUT2D eigenvalue weighted by Crippen LogP contribution is 2.11. The van der Waals surface area contributed by atoms with Gasteiger partial charge in [-0.2, -0.15) is 0 Å². The van der Waals surface area contributed by atoms with Crippen LogP contribution in [0.25, 0.3) is 0 Å². The molecule has 0 bridgehead atoms. The normalized spacial score (nSPS) is 10.5. The van der Waals surface area contributed by atoms with Crippen molar-refractivity contribution in [1.82, 2.24) is 5.16 Å². The maximum absolute atomic E-state index is 11.8. The van der Waals surface area contributed by atoms with Gasteiger partial charge in [-0.05, 0) is 31.5 Å². The highest BCUT2D eigenvalue weighted by atomic mass is 16.5. The molecule has 1 aromatic heterocycles. The van der Waals surface area contributed by atoms with Gasteiger partial charge < -0.3 is 14.6 Å². The minimum Gasteiger partial charge on any atom is -0.377 e. The molecule has 1 amide bonds. The molecule has 1 heterocycles. The summed E-state index contributed by atoms with van der Waals surface area (Å²) in [4.78, 5) is 11.8. The summed E-state index contributed by atoms with van der Waals surface area (Å²) in [5, 5.41) is 6.61. The summed E-state index contributed by atoms with van der Waals surface area (Å²) in [6, 6.07) is 9.35. The van der Waals surface area contributed by atoms with Crippen LogP contribution in [0.4, 0.5) is 5.69 Å². The number of carbonyl (C=O) groups is 1. The van der Waals surface area contributed by atoms with E-state index >= 15 is 0 Å². The molecule has 1 N–H and O–H groups in total. The summed E-state index contributed by atoms with van der Waals surface area (Å²) in [6.07, 6.45) is 0.206. The monoisotopic (exact) mass is 274 g/mol. The van der Waals surface area contributed by atoms with E-state index in [2.05, 4.69) is 10.5 Å². The van der Waals surface area contributed by atoms with Crippen LogP contribution in [0, 0.1) is 6.92 Å². The van der Waals surface area contributed by atoms with Crippen molar-refractivity contribution < 1.29 is 14.1 Å².